The molecule has 1 aliphatic rings. The molecule has 1 N–H and O–H groups in total. The van der Waals surface area contributed by atoms with Crippen molar-refractivity contribution in [3.05, 3.63) is 102 Å². The lowest BCUT2D eigenvalue weighted by atomic mass is 9.92. The molecule has 5 aromatic rings. The lowest BCUT2D eigenvalue weighted by Gasteiger charge is -2.30. The van der Waals surface area contributed by atoms with Gasteiger partial charge in [0, 0.05) is 42.1 Å². The number of amides is 1. The predicted molar refractivity (Wildman–Crippen MR) is 167 cm³/mol. The highest BCUT2D eigenvalue weighted by Crippen LogP contribution is 2.43. The highest BCUT2D eigenvalue weighted by Gasteiger charge is 2.28. The minimum Gasteiger partial charge on any atom is -0.494 e. The maximum Gasteiger partial charge on any atom is 0.412 e. The highest BCUT2D eigenvalue weighted by atomic mass is 19.1. The fourth-order valence-corrected chi connectivity index (χ4v) is 5.63. The summed E-state index contributed by atoms with van der Waals surface area (Å²) in [5.74, 6) is 0.450. The van der Waals surface area contributed by atoms with Gasteiger partial charge in [-0.2, -0.15) is 5.26 Å². The fourth-order valence-electron chi connectivity index (χ4n) is 5.63. The van der Waals surface area contributed by atoms with E-state index >= 15 is 0 Å². The summed E-state index contributed by atoms with van der Waals surface area (Å²) in [5, 5.41) is 14.0. The molecule has 224 valence electrons. The van der Waals surface area contributed by atoms with E-state index in [0.717, 1.165) is 66.6 Å². The number of benzene rings is 3. The summed E-state index contributed by atoms with van der Waals surface area (Å²) in [6.07, 6.45) is 9.61. The number of nitrogens with one attached hydrogen (secondary N) is 1. The van der Waals surface area contributed by atoms with Crippen molar-refractivity contribution in [1.29, 1.82) is 5.26 Å². The van der Waals surface area contributed by atoms with Crippen molar-refractivity contribution >= 4 is 22.7 Å². The van der Waals surface area contributed by atoms with Crippen LogP contribution >= 0.6 is 0 Å². The standard InChI is InChI=1S/C35H34FN5O3/c1-24(25-7-11-27(36)12-8-25)44-35(42)39-28-13-9-26(10-14-28)34-32(22-37)31-16-15-30(21-33(31)41(34)29-5-4-6-29)43-20-3-2-18-40-19-17-38-23-40/h7-17,19,21,23-24,29H,2-6,18,20H2,1H3,(H,39,42). The van der Waals surface area contributed by atoms with Crippen LogP contribution in [0.15, 0.2) is 85.5 Å². The van der Waals surface area contributed by atoms with Gasteiger partial charge in [-0.1, -0.05) is 24.3 Å². The van der Waals surface area contributed by atoms with Crippen LogP contribution in [0.3, 0.4) is 0 Å². The number of imidazole rings is 1. The van der Waals surface area contributed by atoms with E-state index < -0.39 is 12.2 Å². The molecular weight excluding hydrogens is 557 g/mol. The van der Waals surface area contributed by atoms with E-state index in [9.17, 15) is 14.4 Å². The summed E-state index contributed by atoms with van der Waals surface area (Å²) < 4.78 is 29.2. The van der Waals surface area contributed by atoms with Gasteiger partial charge in [0.1, 0.15) is 23.7 Å². The molecule has 9 heteroatoms. The zero-order valence-electron chi connectivity index (χ0n) is 24.6. The molecule has 1 amide bonds. The SMILES string of the molecule is CC(OC(=O)Nc1ccc(-c2c(C#N)c3ccc(OCCCCn4ccnc4)cc3n2C2CCC2)cc1)c1ccc(F)cc1. The van der Waals surface area contributed by atoms with Crippen LogP contribution in [0.25, 0.3) is 22.2 Å². The Bertz CT molecular complexity index is 1770. The van der Waals surface area contributed by atoms with Crippen molar-refractivity contribution in [3.8, 4) is 23.1 Å². The quantitative estimate of drug-likeness (QED) is 0.156. The second-order valence-corrected chi connectivity index (χ2v) is 11.1. The average Bonchev–Trinajstić information content (AvgIpc) is 3.63. The van der Waals surface area contributed by atoms with Gasteiger partial charge in [-0.05, 0) is 86.6 Å². The van der Waals surface area contributed by atoms with Gasteiger partial charge in [0.05, 0.1) is 29.7 Å². The number of anilines is 1. The second kappa shape index (κ2) is 13.0. The summed E-state index contributed by atoms with van der Waals surface area (Å²) in [5.41, 5.74) is 4.67. The van der Waals surface area contributed by atoms with Crippen LogP contribution in [0, 0.1) is 17.1 Å². The topological polar surface area (TPSA) is 94.1 Å². The first-order valence-corrected chi connectivity index (χ1v) is 15.0. The van der Waals surface area contributed by atoms with Crippen molar-refractivity contribution in [2.45, 2.75) is 57.7 Å². The highest BCUT2D eigenvalue weighted by molar-refractivity contribution is 5.96. The minimum atomic E-state index is -0.606. The zero-order chi connectivity index (χ0) is 30.5. The number of nitriles is 1. The maximum absolute atomic E-state index is 13.2. The third-order valence-corrected chi connectivity index (χ3v) is 8.19. The van der Waals surface area contributed by atoms with E-state index in [1.54, 1.807) is 37.4 Å². The third-order valence-electron chi connectivity index (χ3n) is 8.19. The first-order valence-electron chi connectivity index (χ1n) is 15.0. The molecule has 0 bridgehead atoms. The first kappa shape index (κ1) is 29.0. The minimum absolute atomic E-state index is 0.306. The molecule has 1 atom stereocenters. The summed E-state index contributed by atoms with van der Waals surface area (Å²) in [6, 6.07) is 22.1. The molecule has 0 spiro atoms. The van der Waals surface area contributed by atoms with Crippen LogP contribution in [-0.4, -0.2) is 26.8 Å². The number of fused-ring (bicyclic) bond motifs is 1. The third kappa shape index (κ3) is 6.30. The molecule has 6 rings (SSSR count). The number of halogens is 1. The molecule has 0 radical (unpaired) electrons. The number of rotatable bonds is 11. The van der Waals surface area contributed by atoms with Crippen LogP contribution < -0.4 is 10.1 Å². The number of hydrogen-bond donors (Lipinski definition) is 1. The van der Waals surface area contributed by atoms with Crippen molar-refractivity contribution in [1.82, 2.24) is 14.1 Å². The van der Waals surface area contributed by atoms with Crippen LogP contribution in [0.1, 0.15) is 62.3 Å². The van der Waals surface area contributed by atoms with Crippen LogP contribution in [0.2, 0.25) is 0 Å². The van der Waals surface area contributed by atoms with E-state index in [2.05, 4.69) is 31.6 Å². The summed E-state index contributed by atoms with van der Waals surface area (Å²) in [4.78, 5) is 16.6. The Morgan fingerprint density at radius 1 is 1.11 bits per heavy atom. The largest absolute Gasteiger partial charge is 0.494 e. The van der Waals surface area contributed by atoms with Crippen molar-refractivity contribution in [2.75, 3.05) is 11.9 Å². The van der Waals surface area contributed by atoms with Crippen molar-refractivity contribution < 1.29 is 18.7 Å². The van der Waals surface area contributed by atoms with Crippen LogP contribution in [-0.2, 0) is 11.3 Å². The van der Waals surface area contributed by atoms with Gasteiger partial charge in [-0.25, -0.2) is 14.2 Å². The Kier molecular flexibility index (Phi) is 8.59. The van der Waals surface area contributed by atoms with Crippen molar-refractivity contribution in [2.24, 2.45) is 0 Å². The number of carbonyl (C=O) groups is 1. The summed E-state index contributed by atoms with van der Waals surface area (Å²) >= 11 is 0. The molecular formula is C35H34FN5O3. The Balaban J connectivity index is 1.18. The molecule has 1 aliphatic carbocycles. The van der Waals surface area contributed by atoms with Crippen molar-refractivity contribution in [3.63, 3.8) is 0 Å². The van der Waals surface area contributed by atoms with E-state index in [0.29, 0.717) is 29.5 Å². The van der Waals surface area contributed by atoms with E-state index in [1.807, 2.05) is 36.8 Å². The van der Waals surface area contributed by atoms with Gasteiger partial charge in [0.15, 0.2) is 0 Å². The molecule has 0 aliphatic heterocycles. The molecule has 2 heterocycles. The molecule has 1 fully saturated rings. The summed E-state index contributed by atoms with van der Waals surface area (Å²) in [7, 11) is 0. The number of ether oxygens (including phenoxy) is 2. The zero-order valence-corrected chi connectivity index (χ0v) is 24.6. The Hall–Kier alpha value is -5.10. The Labute approximate surface area is 255 Å². The summed E-state index contributed by atoms with van der Waals surface area (Å²) in [6.45, 7) is 3.26. The van der Waals surface area contributed by atoms with E-state index in [-0.39, 0.29) is 5.82 Å². The van der Waals surface area contributed by atoms with E-state index in [4.69, 9.17) is 9.47 Å². The van der Waals surface area contributed by atoms with Gasteiger partial charge in [-0.15, -0.1) is 0 Å². The molecule has 1 saturated carbocycles. The number of carbonyl (C=O) groups excluding carboxylic acids is 1. The molecule has 2 aromatic heterocycles. The smallest absolute Gasteiger partial charge is 0.412 e. The van der Waals surface area contributed by atoms with Gasteiger partial charge < -0.3 is 18.6 Å². The Morgan fingerprint density at radius 2 is 1.91 bits per heavy atom. The molecule has 44 heavy (non-hydrogen) atoms. The number of nitrogens with zero attached hydrogens (tertiary/aromatic N) is 4. The van der Waals surface area contributed by atoms with Gasteiger partial charge in [-0.3, -0.25) is 5.32 Å². The lowest BCUT2D eigenvalue weighted by molar-refractivity contribution is 0.121. The average molecular weight is 592 g/mol. The number of aromatic nitrogens is 3. The van der Waals surface area contributed by atoms with Crippen LogP contribution in [0.4, 0.5) is 14.9 Å². The predicted octanol–water partition coefficient (Wildman–Crippen LogP) is 8.41. The van der Waals surface area contributed by atoms with E-state index in [1.165, 1.54) is 12.1 Å². The Morgan fingerprint density at radius 3 is 2.59 bits per heavy atom. The molecule has 1 unspecified atom stereocenters. The second-order valence-electron chi connectivity index (χ2n) is 11.1. The number of unbranched alkanes of at least 4 members (excludes halogenated alkanes) is 1. The monoisotopic (exact) mass is 591 g/mol. The molecule has 3 aromatic carbocycles. The van der Waals surface area contributed by atoms with Gasteiger partial charge in [0.25, 0.3) is 0 Å². The normalized spacial score (nSPS) is 13.7. The molecule has 0 saturated heterocycles. The maximum atomic E-state index is 13.2. The van der Waals surface area contributed by atoms with Gasteiger partial charge in [0.2, 0.25) is 0 Å². The first-order chi connectivity index (χ1) is 21.5. The van der Waals surface area contributed by atoms with Gasteiger partial charge >= 0.3 is 6.09 Å². The number of hydrogen-bond acceptors (Lipinski definition) is 5. The lowest BCUT2D eigenvalue weighted by Crippen LogP contribution is -2.18. The number of aryl methyl sites for hydroxylation is 1. The molecule has 8 nitrogen and oxygen atoms in total. The fraction of sp³-hybridized carbons (Fsp3) is 0.286. The van der Waals surface area contributed by atoms with Crippen LogP contribution in [0.5, 0.6) is 5.75 Å².